The zero-order chi connectivity index (χ0) is 23.3. The van der Waals surface area contributed by atoms with Crippen LogP contribution in [0.5, 0.6) is 5.75 Å². The minimum atomic E-state index is -0.661. The van der Waals surface area contributed by atoms with Crippen LogP contribution in [0.25, 0.3) is 6.08 Å². The Labute approximate surface area is 198 Å². The maximum Gasteiger partial charge on any atom is 0.270 e. The number of allylic oxidation sites excluding steroid dienone is 1. The summed E-state index contributed by atoms with van der Waals surface area (Å²) in [4.78, 5) is 23.2. The predicted molar refractivity (Wildman–Crippen MR) is 123 cm³/mol. The molecule has 0 unspecified atom stereocenters. The number of carbonyl (C=O) groups excluding carboxylic acids is 1. The van der Waals surface area contributed by atoms with Crippen molar-refractivity contribution in [2.75, 3.05) is 0 Å². The second kappa shape index (κ2) is 10.3. The van der Waals surface area contributed by atoms with E-state index in [2.05, 4.69) is 0 Å². The quantitative estimate of drug-likeness (QED) is 0.118. The smallest absolute Gasteiger partial charge is 0.270 e. The van der Waals surface area contributed by atoms with Gasteiger partial charge in [-0.15, -0.1) is 0 Å². The van der Waals surface area contributed by atoms with E-state index >= 15 is 0 Å². The summed E-state index contributed by atoms with van der Waals surface area (Å²) in [7, 11) is 0. The SMILES string of the molecule is N#C/C(=C\c1cc(Cl)ccc1OCc1ccc(Cl)c(Cl)c1)C(=O)c1cccc([N+](=O)[O-])c1. The molecule has 0 aliphatic heterocycles. The Morgan fingerprint density at radius 1 is 1.06 bits per heavy atom. The number of ketones is 1. The molecule has 3 rings (SSSR count). The molecule has 32 heavy (non-hydrogen) atoms. The average Bonchev–Trinajstić information content (AvgIpc) is 2.78. The van der Waals surface area contributed by atoms with Crippen LogP contribution in [0.3, 0.4) is 0 Å². The summed E-state index contributed by atoms with van der Waals surface area (Å²) in [5.74, 6) is -0.285. The van der Waals surface area contributed by atoms with E-state index in [0.29, 0.717) is 26.4 Å². The number of rotatable bonds is 7. The van der Waals surface area contributed by atoms with E-state index in [1.165, 1.54) is 24.3 Å². The number of hydrogen-bond acceptors (Lipinski definition) is 5. The summed E-state index contributed by atoms with van der Waals surface area (Å²) in [5, 5.41) is 21.7. The van der Waals surface area contributed by atoms with Crippen molar-refractivity contribution in [2.45, 2.75) is 6.61 Å². The lowest BCUT2D eigenvalue weighted by Crippen LogP contribution is -2.03. The number of halogens is 3. The average molecular weight is 488 g/mol. The number of benzene rings is 3. The van der Waals surface area contributed by atoms with Gasteiger partial charge in [0.2, 0.25) is 5.78 Å². The molecular weight excluding hydrogens is 475 g/mol. The number of hydrogen-bond donors (Lipinski definition) is 0. The molecule has 9 heteroatoms. The van der Waals surface area contributed by atoms with E-state index in [9.17, 15) is 20.2 Å². The number of nitro groups is 1. The van der Waals surface area contributed by atoms with E-state index in [-0.39, 0.29) is 23.4 Å². The zero-order valence-corrected chi connectivity index (χ0v) is 18.5. The summed E-state index contributed by atoms with van der Waals surface area (Å²) >= 11 is 18.0. The Morgan fingerprint density at radius 3 is 2.53 bits per heavy atom. The van der Waals surface area contributed by atoms with Gasteiger partial charge < -0.3 is 4.74 Å². The van der Waals surface area contributed by atoms with Gasteiger partial charge in [-0.2, -0.15) is 5.26 Å². The largest absolute Gasteiger partial charge is 0.488 e. The number of nitriles is 1. The fourth-order valence-corrected chi connectivity index (χ4v) is 3.28. The lowest BCUT2D eigenvalue weighted by molar-refractivity contribution is -0.384. The van der Waals surface area contributed by atoms with Crippen LogP contribution < -0.4 is 4.74 Å². The highest BCUT2D eigenvalue weighted by Crippen LogP contribution is 2.28. The molecule has 0 heterocycles. The summed E-state index contributed by atoms with van der Waals surface area (Å²) in [6.07, 6.45) is 1.33. The standard InChI is InChI=1S/C23H13Cl3N2O4/c24-18-5-7-22(32-13-14-4-6-20(25)21(26)8-14)16(10-18)9-17(12-27)23(29)15-2-1-3-19(11-15)28(30)31/h1-11H,13H2/b17-9+. The van der Waals surface area contributed by atoms with E-state index in [0.717, 1.165) is 11.6 Å². The Balaban J connectivity index is 1.91. The molecule has 6 nitrogen and oxygen atoms in total. The molecule has 160 valence electrons. The zero-order valence-electron chi connectivity index (χ0n) is 16.2. The third-order valence-corrected chi connectivity index (χ3v) is 5.31. The van der Waals surface area contributed by atoms with Crippen molar-refractivity contribution in [1.29, 1.82) is 5.26 Å². The van der Waals surface area contributed by atoms with Gasteiger partial charge in [-0.25, -0.2) is 0 Å². The molecule has 0 aromatic heterocycles. The third-order valence-electron chi connectivity index (χ3n) is 4.33. The molecule has 0 aliphatic rings. The van der Waals surface area contributed by atoms with Crippen molar-refractivity contribution in [3.8, 4) is 11.8 Å². The number of ether oxygens (including phenoxy) is 1. The fraction of sp³-hybridized carbons (Fsp3) is 0.0435. The maximum atomic E-state index is 12.8. The van der Waals surface area contributed by atoms with Crippen LogP contribution in [0, 0.1) is 21.4 Å². The van der Waals surface area contributed by atoms with Crippen LogP contribution in [0.1, 0.15) is 21.5 Å². The van der Waals surface area contributed by atoms with Gasteiger partial charge in [0.25, 0.3) is 5.69 Å². The van der Waals surface area contributed by atoms with Crippen molar-refractivity contribution >= 4 is 52.3 Å². The van der Waals surface area contributed by atoms with Gasteiger partial charge in [-0.3, -0.25) is 14.9 Å². The minimum absolute atomic E-state index is 0.0207. The first-order chi connectivity index (χ1) is 15.3. The van der Waals surface area contributed by atoms with Gasteiger partial charge in [-0.1, -0.05) is 53.0 Å². The second-order valence-corrected chi connectivity index (χ2v) is 7.78. The molecule has 0 atom stereocenters. The Hall–Kier alpha value is -3.37. The number of Topliss-reactive ketones (excluding diaryl/α,β-unsaturated/α-hetero) is 1. The predicted octanol–water partition coefficient (Wildman–Crippen LogP) is 6.92. The molecule has 0 bridgehead atoms. The van der Waals surface area contributed by atoms with Gasteiger partial charge in [0.15, 0.2) is 0 Å². The summed E-state index contributed by atoms with van der Waals surface area (Å²) in [6, 6.07) is 16.8. The van der Waals surface area contributed by atoms with E-state index < -0.39 is 10.7 Å². The monoisotopic (exact) mass is 486 g/mol. The normalized spacial score (nSPS) is 11.0. The highest BCUT2D eigenvalue weighted by atomic mass is 35.5. The first-order valence-electron chi connectivity index (χ1n) is 9.05. The first kappa shape index (κ1) is 23.3. The van der Waals surface area contributed by atoms with E-state index in [4.69, 9.17) is 39.5 Å². The van der Waals surface area contributed by atoms with E-state index in [1.807, 2.05) is 6.07 Å². The molecular formula is C23H13Cl3N2O4. The lowest BCUT2D eigenvalue weighted by Gasteiger charge is -2.11. The molecule has 0 saturated carbocycles. The third kappa shape index (κ3) is 5.65. The Kier molecular flexibility index (Phi) is 7.49. The summed E-state index contributed by atoms with van der Waals surface area (Å²) < 4.78 is 5.84. The summed E-state index contributed by atoms with van der Waals surface area (Å²) in [5.41, 5.74) is 0.700. The van der Waals surface area contributed by atoms with Crippen LogP contribution in [0.2, 0.25) is 15.1 Å². The van der Waals surface area contributed by atoms with Gasteiger partial charge in [0.05, 0.1) is 15.0 Å². The minimum Gasteiger partial charge on any atom is -0.488 e. The molecule has 3 aromatic rings. The Bertz CT molecular complexity index is 1280. The van der Waals surface area contributed by atoms with Crippen LogP contribution in [-0.4, -0.2) is 10.7 Å². The van der Waals surface area contributed by atoms with Gasteiger partial charge >= 0.3 is 0 Å². The molecule has 0 amide bonds. The number of nitro benzene ring substituents is 1. The van der Waals surface area contributed by atoms with Crippen molar-refractivity contribution in [2.24, 2.45) is 0 Å². The topological polar surface area (TPSA) is 93.2 Å². The molecule has 0 radical (unpaired) electrons. The van der Waals surface area contributed by atoms with Crippen LogP contribution in [0.4, 0.5) is 5.69 Å². The van der Waals surface area contributed by atoms with Crippen LogP contribution in [0.15, 0.2) is 66.2 Å². The fourth-order valence-electron chi connectivity index (χ4n) is 2.77. The van der Waals surface area contributed by atoms with Crippen molar-refractivity contribution in [1.82, 2.24) is 0 Å². The molecule has 0 N–H and O–H groups in total. The van der Waals surface area contributed by atoms with Crippen molar-refractivity contribution < 1.29 is 14.5 Å². The lowest BCUT2D eigenvalue weighted by atomic mass is 10.0. The van der Waals surface area contributed by atoms with Gasteiger partial charge in [-0.05, 0) is 42.0 Å². The van der Waals surface area contributed by atoms with Gasteiger partial charge in [0.1, 0.15) is 24.0 Å². The summed E-state index contributed by atoms with van der Waals surface area (Å²) in [6.45, 7) is 0.153. The number of nitrogens with zero attached hydrogens (tertiary/aromatic N) is 2. The second-order valence-electron chi connectivity index (χ2n) is 6.53. The molecule has 0 spiro atoms. The molecule has 0 fully saturated rings. The number of non-ortho nitro benzene ring substituents is 1. The number of carbonyl (C=O) groups is 1. The van der Waals surface area contributed by atoms with Gasteiger partial charge in [0, 0.05) is 28.3 Å². The Morgan fingerprint density at radius 2 is 1.84 bits per heavy atom. The molecule has 0 aliphatic carbocycles. The molecule has 0 saturated heterocycles. The first-order valence-corrected chi connectivity index (χ1v) is 10.2. The van der Waals surface area contributed by atoms with E-state index in [1.54, 1.807) is 36.4 Å². The maximum absolute atomic E-state index is 12.8. The van der Waals surface area contributed by atoms with Crippen LogP contribution in [-0.2, 0) is 6.61 Å². The van der Waals surface area contributed by atoms with Crippen LogP contribution >= 0.6 is 34.8 Å². The highest BCUT2D eigenvalue weighted by Gasteiger charge is 2.17. The molecule has 3 aromatic carbocycles. The van der Waals surface area contributed by atoms with Crippen molar-refractivity contribution in [3.05, 3.63) is 108 Å². The van der Waals surface area contributed by atoms with Crippen molar-refractivity contribution in [3.63, 3.8) is 0 Å². The highest BCUT2D eigenvalue weighted by molar-refractivity contribution is 6.42.